The van der Waals surface area contributed by atoms with Crippen LogP contribution in [0.4, 0.5) is 15.8 Å². The second-order valence-electron chi connectivity index (χ2n) is 10.2. The molecule has 5 heterocycles. The first-order chi connectivity index (χ1) is 18.1. The summed E-state index contributed by atoms with van der Waals surface area (Å²) in [5, 5.41) is 9.02. The minimum atomic E-state index is -0.403. The maximum absolute atomic E-state index is 14.5. The van der Waals surface area contributed by atoms with Crippen molar-refractivity contribution in [1.29, 1.82) is 0 Å². The van der Waals surface area contributed by atoms with Gasteiger partial charge in [-0.25, -0.2) is 4.39 Å². The van der Waals surface area contributed by atoms with Crippen LogP contribution in [0.2, 0.25) is 0 Å². The first kappa shape index (κ1) is 22.2. The summed E-state index contributed by atoms with van der Waals surface area (Å²) in [4.78, 5) is 25.8. The quantitative estimate of drug-likeness (QED) is 0.319. The van der Waals surface area contributed by atoms with Gasteiger partial charge in [0.25, 0.3) is 5.56 Å². The number of aromatic nitrogens is 4. The van der Waals surface area contributed by atoms with Gasteiger partial charge in [0.2, 0.25) is 0 Å². The molecular formula is C28H28FN7O. The highest BCUT2D eigenvalue weighted by Crippen LogP contribution is 2.41. The molecule has 188 valence electrons. The molecule has 4 N–H and O–H groups in total. The fourth-order valence-corrected chi connectivity index (χ4v) is 6.33. The summed E-state index contributed by atoms with van der Waals surface area (Å²) < 4.78 is 14.5. The lowest BCUT2D eigenvalue weighted by Gasteiger charge is -2.38. The van der Waals surface area contributed by atoms with Gasteiger partial charge in [-0.05, 0) is 68.6 Å². The van der Waals surface area contributed by atoms with E-state index in [4.69, 9.17) is 10.7 Å². The van der Waals surface area contributed by atoms with Crippen LogP contribution in [0.3, 0.4) is 0 Å². The smallest absolute Gasteiger partial charge is 0.272 e. The number of nitrogens with one attached hydrogen (secondary N) is 2. The fourth-order valence-electron chi connectivity index (χ4n) is 6.33. The molecule has 2 aliphatic rings. The lowest BCUT2D eigenvalue weighted by molar-refractivity contribution is 0.208. The van der Waals surface area contributed by atoms with E-state index in [1.54, 1.807) is 18.5 Å². The van der Waals surface area contributed by atoms with Gasteiger partial charge in [0.05, 0.1) is 22.9 Å². The Hall–Kier alpha value is -3.98. The van der Waals surface area contributed by atoms with E-state index in [-0.39, 0.29) is 16.8 Å². The number of pyridine rings is 2. The highest BCUT2D eigenvalue weighted by atomic mass is 19.1. The molecule has 0 saturated carbocycles. The molecular weight excluding hydrogens is 469 g/mol. The van der Waals surface area contributed by atoms with Crippen molar-refractivity contribution < 1.29 is 4.39 Å². The molecule has 0 radical (unpaired) electrons. The van der Waals surface area contributed by atoms with Crippen molar-refractivity contribution in [2.24, 2.45) is 0 Å². The fraction of sp³-hybridized carbons (Fsp3) is 0.321. The zero-order valence-corrected chi connectivity index (χ0v) is 20.4. The number of hydrogen-bond acceptors (Lipinski definition) is 6. The molecule has 2 aromatic carbocycles. The van der Waals surface area contributed by atoms with E-state index < -0.39 is 5.82 Å². The summed E-state index contributed by atoms with van der Waals surface area (Å²) >= 11 is 0. The normalized spacial score (nSPS) is 17.5. The third-order valence-corrected chi connectivity index (χ3v) is 8.19. The molecule has 0 bridgehead atoms. The number of aromatic amines is 2. The van der Waals surface area contributed by atoms with Crippen LogP contribution in [0.1, 0.15) is 25.7 Å². The first-order valence-electron chi connectivity index (χ1n) is 12.9. The number of likely N-dealkylation sites (tertiary alicyclic amines) is 1. The Balaban J connectivity index is 1.43. The van der Waals surface area contributed by atoms with Crippen molar-refractivity contribution in [2.75, 3.05) is 36.8 Å². The average molecular weight is 498 g/mol. The van der Waals surface area contributed by atoms with Crippen LogP contribution in [0.5, 0.6) is 0 Å². The number of nitrogen functional groups attached to an aromatic ring is 1. The zero-order valence-electron chi connectivity index (χ0n) is 20.4. The molecule has 0 spiro atoms. The maximum Gasteiger partial charge on any atom is 0.272 e. The van der Waals surface area contributed by atoms with Crippen molar-refractivity contribution in [1.82, 2.24) is 25.1 Å². The van der Waals surface area contributed by atoms with Gasteiger partial charge in [0.15, 0.2) is 0 Å². The Morgan fingerprint density at radius 2 is 1.81 bits per heavy atom. The molecule has 0 atom stereocenters. The largest absolute Gasteiger partial charge is 0.394 e. The van der Waals surface area contributed by atoms with E-state index in [0.29, 0.717) is 28.1 Å². The van der Waals surface area contributed by atoms with Gasteiger partial charge >= 0.3 is 0 Å². The predicted octanol–water partition coefficient (Wildman–Crippen LogP) is 4.41. The Bertz CT molecular complexity index is 1710. The summed E-state index contributed by atoms with van der Waals surface area (Å²) in [5.74, 6) is -0.403. The Labute approximate surface area is 212 Å². The number of nitrogens with two attached hydrogens (primary N) is 1. The third kappa shape index (κ3) is 3.48. The van der Waals surface area contributed by atoms with Crippen LogP contribution >= 0.6 is 0 Å². The lowest BCUT2D eigenvalue weighted by Crippen LogP contribution is -2.44. The second-order valence-corrected chi connectivity index (χ2v) is 10.2. The average Bonchev–Trinajstić information content (AvgIpc) is 3.64. The number of H-pyrrole nitrogens is 2. The number of piperidine rings is 1. The van der Waals surface area contributed by atoms with Gasteiger partial charge in [-0.3, -0.25) is 14.9 Å². The molecule has 9 heteroatoms. The summed E-state index contributed by atoms with van der Waals surface area (Å²) in [5.41, 5.74) is 10.3. The van der Waals surface area contributed by atoms with Crippen molar-refractivity contribution in [3.05, 3.63) is 58.9 Å². The molecule has 3 aromatic heterocycles. The third-order valence-electron chi connectivity index (χ3n) is 8.19. The minimum Gasteiger partial charge on any atom is -0.394 e. The molecule has 0 aliphatic carbocycles. The van der Waals surface area contributed by atoms with Crippen LogP contribution in [0.15, 0.2) is 47.5 Å². The minimum absolute atomic E-state index is 0.101. The topological polar surface area (TPSA) is 107 Å². The summed E-state index contributed by atoms with van der Waals surface area (Å²) in [7, 11) is 0. The molecule has 37 heavy (non-hydrogen) atoms. The van der Waals surface area contributed by atoms with E-state index in [0.717, 1.165) is 47.9 Å². The molecule has 0 unspecified atom stereocenters. The molecule has 2 saturated heterocycles. The van der Waals surface area contributed by atoms with Gasteiger partial charge in [-0.2, -0.15) is 5.10 Å². The van der Waals surface area contributed by atoms with Crippen LogP contribution in [-0.4, -0.2) is 57.3 Å². The maximum atomic E-state index is 14.5. The van der Waals surface area contributed by atoms with E-state index in [1.807, 2.05) is 12.1 Å². The van der Waals surface area contributed by atoms with Crippen molar-refractivity contribution in [2.45, 2.75) is 31.7 Å². The molecule has 0 amide bonds. The van der Waals surface area contributed by atoms with Crippen LogP contribution < -0.4 is 16.2 Å². The Kier molecular flexibility index (Phi) is 5.14. The predicted molar refractivity (Wildman–Crippen MR) is 145 cm³/mol. The SMILES string of the molecule is Nc1c(-c2ccc(F)c3[nH]ncc23)c2cc(N3CCC(N4CCCC4)CC3)c3ncccc3c2[nH]c1=O. The lowest BCUT2D eigenvalue weighted by atomic mass is 9.94. The highest BCUT2D eigenvalue weighted by Gasteiger charge is 2.28. The first-order valence-corrected chi connectivity index (χ1v) is 12.9. The summed E-state index contributed by atoms with van der Waals surface area (Å²) in [6.07, 6.45) is 8.19. The Morgan fingerprint density at radius 1 is 1.00 bits per heavy atom. The van der Waals surface area contributed by atoms with Gasteiger partial charge < -0.3 is 20.5 Å². The van der Waals surface area contributed by atoms with E-state index in [2.05, 4.69) is 31.0 Å². The highest BCUT2D eigenvalue weighted by molar-refractivity contribution is 6.17. The van der Waals surface area contributed by atoms with Crippen molar-refractivity contribution in [3.8, 4) is 11.1 Å². The zero-order chi connectivity index (χ0) is 25.1. The van der Waals surface area contributed by atoms with E-state index in [9.17, 15) is 9.18 Å². The summed E-state index contributed by atoms with van der Waals surface area (Å²) in [6.45, 7) is 4.30. The number of fused-ring (bicyclic) bond motifs is 4. The number of halogens is 1. The van der Waals surface area contributed by atoms with Gasteiger partial charge in [-0.15, -0.1) is 0 Å². The molecule has 5 aromatic rings. The molecule has 2 aliphatic heterocycles. The Morgan fingerprint density at radius 3 is 2.62 bits per heavy atom. The molecule has 2 fully saturated rings. The van der Waals surface area contributed by atoms with Crippen LogP contribution in [0.25, 0.3) is 43.8 Å². The van der Waals surface area contributed by atoms with Gasteiger partial charge in [-0.1, -0.05) is 6.07 Å². The monoisotopic (exact) mass is 497 g/mol. The molecule has 8 nitrogen and oxygen atoms in total. The number of nitrogens with zero attached hydrogens (tertiary/aromatic N) is 4. The van der Waals surface area contributed by atoms with Gasteiger partial charge in [0, 0.05) is 47.1 Å². The van der Waals surface area contributed by atoms with Gasteiger partial charge in [0.1, 0.15) is 17.0 Å². The number of anilines is 2. The summed E-state index contributed by atoms with van der Waals surface area (Å²) in [6, 6.07) is 9.65. The number of benzene rings is 2. The molecule has 7 rings (SSSR count). The second kappa shape index (κ2) is 8.55. The van der Waals surface area contributed by atoms with Crippen LogP contribution in [0, 0.1) is 5.82 Å². The van der Waals surface area contributed by atoms with Crippen molar-refractivity contribution in [3.63, 3.8) is 0 Å². The number of rotatable bonds is 3. The standard InChI is InChI=1S/C28H28FN7O/c29-21-6-5-17(20-15-32-34-26(20)21)23-19-14-22(36-12-7-16(8-13-36)35-10-1-2-11-35)27-18(4-3-9-31-27)25(19)33-28(37)24(23)30/h3-6,9,14-16H,1-2,7-8,10-13,30H2,(H,32,34)(H,33,37). The van der Waals surface area contributed by atoms with E-state index >= 15 is 0 Å². The number of hydrogen-bond donors (Lipinski definition) is 3. The van der Waals surface area contributed by atoms with Crippen LogP contribution in [-0.2, 0) is 0 Å². The van der Waals surface area contributed by atoms with E-state index in [1.165, 1.54) is 32.0 Å². The van der Waals surface area contributed by atoms with Crippen molar-refractivity contribution >= 4 is 44.1 Å².